The molecule has 2 aliphatic heterocycles. The highest BCUT2D eigenvalue weighted by atomic mass is 32.2. The standard InChI is InChI=1S/C18H32N2O4SSi/c1-26(2,3)8-4-7-25-11-15(21)19-13-9-23-17-14(10-24-16(13)17)20-18(22)12-5-6-12/h12-14,16-17H,4-11H2,1-3H3,(H,19,21)(H,20,22). The summed E-state index contributed by atoms with van der Waals surface area (Å²) in [4.78, 5) is 24.2. The van der Waals surface area contributed by atoms with Crippen LogP contribution in [0.3, 0.4) is 0 Å². The van der Waals surface area contributed by atoms with Crippen LogP contribution in [0.4, 0.5) is 0 Å². The number of carbonyl (C=O) groups excluding carboxylic acids is 2. The van der Waals surface area contributed by atoms with Gasteiger partial charge in [0.2, 0.25) is 11.8 Å². The molecule has 2 heterocycles. The molecular formula is C18H32N2O4SSi. The third kappa shape index (κ3) is 5.71. The van der Waals surface area contributed by atoms with E-state index in [0.29, 0.717) is 19.0 Å². The van der Waals surface area contributed by atoms with E-state index < -0.39 is 8.07 Å². The van der Waals surface area contributed by atoms with Crippen molar-refractivity contribution < 1.29 is 19.1 Å². The second-order valence-corrected chi connectivity index (χ2v) is 15.6. The highest BCUT2D eigenvalue weighted by molar-refractivity contribution is 7.99. The maximum absolute atomic E-state index is 12.2. The van der Waals surface area contributed by atoms with Crippen molar-refractivity contribution in [3.8, 4) is 0 Å². The minimum absolute atomic E-state index is 0.0475. The Kier molecular flexibility index (Phi) is 6.69. The van der Waals surface area contributed by atoms with E-state index in [1.54, 1.807) is 11.8 Å². The molecule has 0 aromatic carbocycles. The van der Waals surface area contributed by atoms with E-state index in [2.05, 4.69) is 30.3 Å². The van der Waals surface area contributed by atoms with Gasteiger partial charge in [-0.2, -0.15) is 11.8 Å². The zero-order chi connectivity index (χ0) is 18.7. The lowest BCUT2D eigenvalue weighted by molar-refractivity contribution is -0.123. The van der Waals surface area contributed by atoms with Crippen LogP contribution in [0.5, 0.6) is 0 Å². The van der Waals surface area contributed by atoms with Gasteiger partial charge in [0.25, 0.3) is 0 Å². The molecule has 0 aromatic heterocycles. The monoisotopic (exact) mass is 400 g/mol. The van der Waals surface area contributed by atoms with Crippen LogP contribution in [-0.4, -0.2) is 68.9 Å². The van der Waals surface area contributed by atoms with Crippen molar-refractivity contribution in [2.45, 2.75) is 69.2 Å². The summed E-state index contributed by atoms with van der Waals surface area (Å²) in [7, 11) is -0.977. The summed E-state index contributed by atoms with van der Waals surface area (Å²) >= 11 is 1.70. The van der Waals surface area contributed by atoms with Gasteiger partial charge >= 0.3 is 0 Å². The third-order valence-electron chi connectivity index (χ3n) is 5.12. The van der Waals surface area contributed by atoms with Crippen LogP contribution in [-0.2, 0) is 19.1 Å². The lowest BCUT2D eigenvalue weighted by atomic mass is 10.1. The summed E-state index contributed by atoms with van der Waals surface area (Å²) in [5.74, 6) is 1.87. The maximum atomic E-state index is 12.2. The number of fused-ring (bicyclic) bond motifs is 1. The number of amides is 2. The van der Waals surface area contributed by atoms with Gasteiger partial charge in [0, 0.05) is 14.0 Å². The Balaban J connectivity index is 1.34. The highest BCUT2D eigenvalue weighted by Gasteiger charge is 2.49. The van der Waals surface area contributed by atoms with Crippen LogP contribution in [0.25, 0.3) is 0 Å². The molecule has 2 saturated heterocycles. The van der Waals surface area contributed by atoms with Gasteiger partial charge in [-0.25, -0.2) is 0 Å². The van der Waals surface area contributed by atoms with Gasteiger partial charge in [0.05, 0.1) is 31.1 Å². The fraction of sp³-hybridized carbons (Fsp3) is 0.889. The molecule has 3 rings (SSSR count). The summed E-state index contributed by atoms with van der Waals surface area (Å²) in [5.41, 5.74) is 0. The van der Waals surface area contributed by atoms with E-state index in [1.807, 2.05) is 0 Å². The first-order valence-electron chi connectivity index (χ1n) is 9.74. The van der Waals surface area contributed by atoms with Crippen molar-refractivity contribution in [3.05, 3.63) is 0 Å². The number of thioether (sulfide) groups is 1. The average molecular weight is 401 g/mol. The molecule has 0 spiro atoms. The second kappa shape index (κ2) is 8.62. The highest BCUT2D eigenvalue weighted by Crippen LogP contribution is 2.31. The predicted octanol–water partition coefficient (Wildman–Crippen LogP) is 1.63. The van der Waals surface area contributed by atoms with Crippen molar-refractivity contribution in [2.24, 2.45) is 5.92 Å². The topological polar surface area (TPSA) is 76.7 Å². The fourth-order valence-corrected chi connectivity index (χ4v) is 5.77. The van der Waals surface area contributed by atoms with E-state index in [9.17, 15) is 9.59 Å². The van der Waals surface area contributed by atoms with Crippen molar-refractivity contribution >= 4 is 31.7 Å². The molecule has 4 atom stereocenters. The average Bonchev–Trinajstić information content (AvgIpc) is 3.23. The van der Waals surface area contributed by atoms with Crippen LogP contribution in [0.2, 0.25) is 25.7 Å². The van der Waals surface area contributed by atoms with Gasteiger partial charge in [0.15, 0.2) is 0 Å². The molecule has 26 heavy (non-hydrogen) atoms. The molecule has 1 aliphatic carbocycles. The van der Waals surface area contributed by atoms with Crippen LogP contribution in [0.15, 0.2) is 0 Å². The van der Waals surface area contributed by atoms with Gasteiger partial charge < -0.3 is 20.1 Å². The Bertz CT molecular complexity index is 524. The molecule has 3 fully saturated rings. The normalized spacial score (nSPS) is 30.9. The predicted molar refractivity (Wildman–Crippen MR) is 106 cm³/mol. The van der Waals surface area contributed by atoms with Gasteiger partial charge in [-0.3, -0.25) is 9.59 Å². The molecule has 6 nitrogen and oxygen atoms in total. The summed E-state index contributed by atoms with van der Waals surface area (Å²) < 4.78 is 11.7. The third-order valence-corrected chi connectivity index (χ3v) is 8.02. The molecule has 0 radical (unpaired) electrons. The molecule has 0 bridgehead atoms. The zero-order valence-electron chi connectivity index (χ0n) is 16.1. The zero-order valence-corrected chi connectivity index (χ0v) is 17.9. The number of hydrogen-bond donors (Lipinski definition) is 2. The summed E-state index contributed by atoms with van der Waals surface area (Å²) in [6, 6.07) is 1.10. The molecule has 0 aromatic rings. The second-order valence-electron chi connectivity index (χ2n) is 8.88. The Labute approximate surface area is 161 Å². The minimum atomic E-state index is -0.977. The molecule has 148 valence electrons. The lowest BCUT2D eigenvalue weighted by Crippen LogP contribution is -2.47. The van der Waals surface area contributed by atoms with Crippen LogP contribution < -0.4 is 10.6 Å². The Hall–Kier alpha value is -0.573. The molecule has 8 heteroatoms. The lowest BCUT2D eigenvalue weighted by Gasteiger charge is -2.18. The molecule has 2 N–H and O–H groups in total. The summed E-state index contributed by atoms with van der Waals surface area (Å²) in [6.07, 6.45) is 2.87. The van der Waals surface area contributed by atoms with Gasteiger partial charge in [-0.1, -0.05) is 25.7 Å². The number of hydrogen-bond acceptors (Lipinski definition) is 5. The Morgan fingerprint density at radius 1 is 1.04 bits per heavy atom. The van der Waals surface area contributed by atoms with Crippen LogP contribution >= 0.6 is 11.8 Å². The van der Waals surface area contributed by atoms with Gasteiger partial charge in [-0.05, 0) is 25.0 Å². The van der Waals surface area contributed by atoms with E-state index >= 15 is 0 Å². The number of ether oxygens (including phenoxy) is 2. The molecule has 4 unspecified atom stereocenters. The van der Waals surface area contributed by atoms with E-state index in [0.717, 1.165) is 18.6 Å². The Morgan fingerprint density at radius 2 is 1.65 bits per heavy atom. The van der Waals surface area contributed by atoms with E-state index in [4.69, 9.17) is 9.47 Å². The van der Waals surface area contributed by atoms with Crippen molar-refractivity contribution in [2.75, 3.05) is 24.7 Å². The smallest absolute Gasteiger partial charge is 0.230 e. The van der Waals surface area contributed by atoms with Crippen molar-refractivity contribution in [3.63, 3.8) is 0 Å². The van der Waals surface area contributed by atoms with E-state index in [-0.39, 0.29) is 42.0 Å². The molecule has 2 amide bonds. The first-order valence-corrected chi connectivity index (χ1v) is 14.6. The van der Waals surface area contributed by atoms with Crippen LogP contribution in [0.1, 0.15) is 19.3 Å². The fourth-order valence-electron chi connectivity index (χ4n) is 3.51. The largest absolute Gasteiger partial charge is 0.371 e. The molecule has 1 saturated carbocycles. The number of carbonyl (C=O) groups is 2. The maximum Gasteiger partial charge on any atom is 0.230 e. The SMILES string of the molecule is C[Si](C)(C)CCCSCC(=O)NC1COC2C(NC(=O)C3CC3)COC12. The minimum Gasteiger partial charge on any atom is -0.371 e. The van der Waals surface area contributed by atoms with Crippen molar-refractivity contribution in [1.82, 2.24) is 10.6 Å². The van der Waals surface area contributed by atoms with E-state index in [1.165, 1.54) is 12.5 Å². The number of nitrogens with one attached hydrogen (secondary N) is 2. The van der Waals surface area contributed by atoms with Gasteiger partial charge in [0.1, 0.15) is 12.2 Å². The van der Waals surface area contributed by atoms with Gasteiger partial charge in [-0.15, -0.1) is 0 Å². The molecular weight excluding hydrogens is 368 g/mol. The summed E-state index contributed by atoms with van der Waals surface area (Å²) in [6.45, 7) is 8.05. The first-order chi connectivity index (χ1) is 12.3. The number of rotatable bonds is 9. The quantitative estimate of drug-likeness (QED) is 0.454. The molecule has 3 aliphatic rings. The Morgan fingerprint density at radius 3 is 2.23 bits per heavy atom. The van der Waals surface area contributed by atoms with Crippen LogP contribution in [0, 0.1) is 5.92 Å². The summed E-state index contributed by atoms with van der Waals surface area (Å²) in [5, 5.41) is 6.10. The first kappa shape index (κ1) is 20.2. The van der Waals surface area contributed by atoms with Crippen molar-refractivity contribution in [1.29, 1.82) is 0 Å².